The molecule has 0 radical (unpaired) electrons. The van der Waals surface area contributed by atoms with Crippen molar-refractivity contribution in [2.24, 2.45) is 0 Å². The molecule has 1 saturated carbocycles. The second-order valence-corrected chi connectivity index (χ2v) is 5.78. The molecule has 3 heteroatoms. The second kappa shape index (κ2) is 5.48. The standard InChI is InChI=1S/C13H26N2O/c1-15(10-12-6-2-5-9-14-12)11-13(16)7-3-4-8-13/h12,14,16H,2-11H2,1H3. The topological polar surface area (TPSA) is 35.5 Å². The molecule has 1 aliphatic heterocycles. The lowest BCUT2D eigenvalue weighted by Crippen LogP contribution is -2.47. The number of hydrogen-bond donors (Lipinski definition) is 2. The summed E-state index contributed by atoms with van der Waals surface area (Å²) in [5.74, 6) is 0. The van der Waals surface area contributed by atoms with E-state index in [0.717, 1.165) is 25.9 Å². The van der Waals surface area contributed by atoms with Crippen LogP contribution in [0, 0.1) is 0 Å². The summed E-state index contributed by atoms with van der Waals surface area (Å²) in [6, 6.07) is 0.642. The van der Waals surface area contributed by atoms with Gasteiger partial charge in [0, 0.05) is 19.1 Å². The van der Waals surface area contributed by atoms with Crippen LogP contribution in [-0.2, 0) is 0 Å². The highest BCUT2D eigenvalue weighted by Gasteiger charge is 2.32. The zero-order valence-electron chi connectivity index (χ0n) is 10.5. The van der Waals surface area contributed by atoms with Gasteiger partial charge >= 0.3 is 0 Å². The summed E-state index contributed by atoms with van der Waals surface area (Å²) in [4.78, 5) is 2.31. The predicted molar refractivity (Wildman–Crippen MR) is 66.6 cm³/mol. The average molecular weight is 226 g/mol. The summed E-state index contributed by atoms with van der Waals surface area (Å²) < 4.78 is 0. The van der Waals surface area contributed by atoms with Gasteiger partial charge in [0.1, 0.15) is 0 Å². The summed E-state index contributed by atoms with van der Waals surface area (Å²) in [6.07, 6.45) is 8.37. The van der Waals surface area contributed by atoms with Crippen LogP contribution in [0.5, 0.6) is 0 Å². The number of aliphatic hydroxyl groups is 1. The summed E-state index contributed by atoms with van der Waals surface area (Å²) in [7, 11) is 2.15. The van der Waals surface area contributed by atoms with Gasteiger partial charge in [0.15, 0.2) is 0 Å². The minimum Gasteiger partial charge on any atom is -0.389 e. The zero-order valence-corrected chi connectivity index (χ0v) is 10.5. The monoisotopic (exact) mass is 226 g/mol. The molecule has 2 fully saturated rings. The van der Waals surface area contributed by atoms with Crippen molar-refractivity contribution in [1.29, 1.82) is 0 Å². The maximum atomic E-state index is 10.3. The van der Waals surface area contributed by atoms with Crippen molar-refractivity contribution in [3.05, 3.63) is 0 Å². The lowest BCUT2D eigenvalue weighted by molar-refractivity contribution is 0.0137. The average Bonchev–Trinajstić information content (AvgIpc) is 2.66. The number of nitrogens with one attached hydrogen (secondary N) is 1. The Morgan fingerprint density at radius 2 is 2.00 bits per heavy atom. The largest absolute Gasteiger partial charge is 0.389 e. The van der Waals surface area contributed by atoms with Crippen molar-refractivity contribution in [3.63, 3.8) is 0 Å². The molecule has 2 rings (SSSR count). The van der Waals surface area contributed by atoms with Crippen LogP contribution >= 0.6 is 0 Å². The molecule has 94 valence electrons. The van der Waals surface area contributed by atoms with Gasteiger partial charge in [-0.25, -0.2) is 0 Å². The number of piperidine rings is 1. The smallest absolute Gasteiger partial charge is 0.0774 e. The zero-order chi connectivity index (χ0) is 11.4. The van der Waals surface area contributed by atoms with Gasteiger partial charge in [-0.2, -0.15) is 0 Å². The molecule has 1 aliphatic carbocycles. The molecule has 0 aromatic carbocycles. The van der Waals surface area contributed by atoms with Crippen LogP contribution < -0.4 is 5.32 Å². The first kappa shape index (κ1) is 12.3. The van der Waals surface area contributed by atoms with Gasteiger partial charge in [0.2, 0.25) is 0 Å². The lowest BCUT2D eigenvalue weighted by Gasteiger charge is -2.32. The molecule has 16 heavy (non-hydrogen) atoms. The molecule has 3 nitrogen and oxygen atoms in total. The van der Waals surface area contributed by atoms with Crippen molar-refractivity contribution in [1.82, 2.24) is 10.2 Å². The molecule has 2 aliphatic rings. The highest BCUT2D eigenvalue weighted by molar-refractivity contribution is 4.87. The molecule has 0 amide bonds. The summed E-state index contributed by atoms with van der Waals surface area (Å²) >= 11 is 0. The van der Waals surface area contributed by atoms with E-state index in [2.05, 4.69) is 17.3 Å². The van der Waals surface area contributed by atoms with E-state index in [4.69, 9.17) is 0 Å². The predicted octanol–water partition coefficient (Wildman–Crippen LogP) is 1.37. The fraction of sp³-hybridized carbons (Fsp3) is 1.00. The molecule has 1 unspecified atom stereocenters. The molecule has 1 atom stereocenters. The van der Waals surface area contributed by atoms with E-state index in [1.807, 2.05) is 0 Å². The van der Waals surface area contributed by atoms with Crippen LogP contribution in [0.3, 0.4) is 0 Å². The Kier molecular flexibility index (Phi) is 4.22. The Morgan fingerprint density at radius 3 is 2.62 bits per heavy atom. The van der Waals surface area contributed by atoms with Gasteiger partial charge in [-0.1, -0.05) is 19.3 Å². The van der Waals surface area contributed by atoms with Gasteiger partial charge in [0.25, 0.3) is 0 Å². The molecule has 2 N–H and O–H groups in total. The first-order valence-corrected chi connectivity index (χ1v) is 6.82. The van der Waals surface area contributed by atoms with Crippen LogP contribution in [0.25, 0.3) is 0 Å². The fourth-order valence-corrected chi connectivity index (χ4v) is 3.21. The molecular weight excluding hydrogens is 200 g/mol. The van der Waals surface area contributed by atoms with E-state index in [9.17, 15) is 5.11 Å². The molecular formula is C13H26N2O. The van der Waals surface area contributed by atoms with Gasteiger partial charge in [-0.3, -0.25) is 0 Å². The Hall–Kier alpha value is -0.120. The third-order valence-electron chi connectivity index (χ3n) is 4.04. The van der Waals surface area contributed by atoms with E-state index in [0.29, 0.717) is 6.04 Å². The van der Waals surface area contributed by atoms with E-state index >= 15 is 0 Å². The molecule has 0 spiro atoms. The Morgan fingerprint density at radius 1 is 1.25 bits per heavy atom. The second-order valence-electron chi connectivity index (χ2n) is 5.78. The summed E-state index contributed by atoms with van der Waals surface area (Å²) in [5, 5.41) is 13.9. The number of hydrogen-bond acceptors (Lipinski definition) is 3. The lowest BCUT2D eigenvalue weighted by atomic mass is 10.0. The first-order valence-electron chi connectivity index (χ1n) is 6.82. The summed E-state index contributed by atoms with van der Waals surface area (Å²) in [6.45, 7) is 3.11. The van der Waals surface area contributed by atoms with Crippen molar-refractivity contribution >= 4 is 0 Å². The number of nitrogens with zero attached hydrogens (tertiary/aromatic N) is 1. The Labute approximate surface area is 99.2 Å². The number of likely N-dealkylation sites (N-methyl/N-ethyl adjacent to an activating group) is 1. The van der Waals surface area contributed by atoms with E-state index in [1.54, 1.807) is 0 Å². The van der Waals surface area contributed by atoms with Gasteiger partial charge in [-0.15, -0.1) is 0 Å². The quantitative estimate of drug-likeness (QED) is 0.760. The van der Waals surface area contributed by atoms with Crippen LogP contribution in [0.2, 0.25) is 0 Å². The maximum absolute atomic E-state index is 10.3. The van der Waals surface area contributed by atoms with Crippen molar-refractivity contribution in [2.45, 2.75) is 56.6 Å². The van der Waals surface area contributed by atoms with E-state index in [1.165, 1.54) is 38.6 Å². The SMILES string of the molecule is CN(CC1CCCCN1)CC1(O)CCCC1. The van der Waals surface area contributed by atoms with Gasteiger partial charge in [0.05, 0.1) is 5.60 Å². The summed E-state index contributed by atoms with van der Waals surface area (Å²) in [5.41, 5.74) is -0.385. The van der Waals surface area contributed by atoms with E-state index in [-0.39, 0.29) is 5.60 Å². The third-order valence-corrected chi connectivity index (χ3v) is 4.04. The van der Waals surface area contributed by atoms with Crippen LogP contribution in [0.4, 0.5) is 0 Å². The normalized spacial score (nSPS) is 29.8. The highest BCUT2D eigenvalue weighted by atomic mass is 16.3. The van der Waals surface area contributed by atoms with Crippen LogP contribution in [0.15, 0.2) is 0 Å². The molecule has 1 saturated heterocycles. The van der Waals surface area contributed by atoms with Crippen molar-refractivity contribution in [3.8, 4) is 0 Å². The van der Waals surface area contributed by atoms with Crippen molar-refractivity contribution in [2.75, 3.05) is 26.7 Å². The highest BCUT2D eigenvalue weighted by Crippen LogP contribution is 2.29. The molecule has 0 aromatic rings. The minimum atomic E-state index is -0.385. The maximum Gasteiger partial charge on any atom is 0.0774 e. The van der Waals surface area contributed by atoms with E-state index < -0.39 is 0 Å². The Balaban J connectivity index is 1.72. The fourth-order valence-electron chi connectivity index (χ4n) is 3.21. The van der Waals surface area contributed by atoms with Gasteiger partial charge < -0.3 is 15.3 Å². The van der Waals surface area contributed by atoms with Gasteiger partial charge in [-0.05, 0) is 39.3 Å². The molecule has 0 aromatic heterocycles. The van der Waals surface area contributed by atoms with Crippen LogP contribution in [0.1, 0.15) is 44.9 Å². The minimum absolute atomic E-state index is 0.385. The Bertz CT molecular complexity index is 208. The first-order chi connectivity index (χ1) is 7.68. The molecule has 0 bridgehead atoms. The molecule has 1 heterocycles. The van der Waals surface area contributed by atoms with Crippen LogP contribution in [-0.4, -0.2) is 48.3 Å². The third kappa shape index (κ3) is 3.44. The van der Waals surface area contributed by atoms with Crippen molar-refractivity contribution < 1.29 is 5.11 Å². The number of rotatable bonds is 4.